The Morgan fingerprint density at radius 1 is 0.895 bits per heavy atom. The SMILES string of the molecule is CCCOc1ccc(C2C(=C(O)c3ccc(OCc4ccccc4C)cc3)C(=O)C(=O)N2CCOC)cc1. The largest absolute Gasteiger partial charge is 0.507 e. The number of amides is 1. The van der Waals surface area contributed by atoms with E-state index in [9.17, 15) is 14.7 Å². The summed E-state index contributed by atoms with van der Waals surface area (Å²) in [4.78, 5) is 27.6. The summed E-state index contributed by atoms with van der Waals surface area (Å²) >= 11 is 0. The Hall–Kier alpha value is -4.10. The molecule has 0 aliphatic carbocycles. The molecule has 0 radical (unpaired) electrons. The van der Waals surface area contributed by atoms with E-state index in [1.165, 1.54) is 12.0 Å². The monoisotopic (exact) mass is 515 g/mol. The normalized spacial score (nSPS) is 16.6. The molecule has 1 heterocycles. The van der Waals surface area contributed by atoms with Crippen LogP contribution in [-0.2, 0) is 20.9 Å². The summed E-state index contributed by atoms with van der Waals surface area (Å²) in [6, 6.07) is 21.3. The summed E-state index contributed by atoms with van der Waals surface area (Å²) in [6.45, 7) is 5.54. The maximum Gasteiger partial charge on any atom is 0.295 e. The van der Waals surface area contributed by atoms with Crippen molar-refractivity contribution in [2.75, 3.05) is 26.9 Å². The smallest absolute Gasteiger partial charge is 0.295 e. The molecule has 0 saturated carbocycles. The molecule has 1 aliphatic rings. The number of likely N-dealkylation sites (tertiary alicyclic amines) is 1. The number of methoxy groups -OCH3 is 1. The van der Waals surface area contributed by atoms with Crippen LogP contribution in [0.4, 0.5) is 0 Å². The van der Waals surface area contributed by atoms with Crippen LogP contribution >= 0.6 is 0 Å². The highest BCUT2D eigenvalue weighted by Crippen LogP contribution is 2.39. The third-order valence-corrected chi connectivity index (χ3v) is 6.53. The number of aliphatic hydroxyl groups is 1. The van der Waals surface area contributed by atoms with E-state index in [0.717, 1.165) is 17.5 Å². The van der Waals surface area contributed by atoms with Crippen LogP contribution < -0.4 is 9.47 Å². The molecule has 7 nitrogen and oxygen atoms in total. The number of Topliss-reactive ketones (excluding diaryl/α,β-unsaturated/α-hetero) is 1. The molecule has 3 aromatic rings. The van der Waals surface area contributed by atoms with Crippen molar-refractivity contribution in [3.8, 4) is 11.5 Å². The van der Waals surface area contributed by atoms with E-state index in [1.54, 1.807) is 24.3 Å². The highest BCUT2D eigenvalue weighted by Gasteiger charge is 2.45. The Bertz CT molecular complexity index is 1300. The van der Waals surface area contributed by atoms with Gasteiger partial charge in [-0.25, -0.2) is 0 Å². The molecule has 198 valence electrons. The Kier molecular flexibility index (Phi) is 8.81. The number of nitrogens with zero attached hydrogens (tertiary/aromatic N) is 1. The van der Waals surface area contributed by atoms with Crippen LogP contribution in [0.15, 0.2) is 78.4 Å². The Morgan fingerprint density at radius 2 is 1.55 bits per heavy atom. The van der Waals surface area contributed by atoms with E-state index in [1.807, 2.05) is 62.4 Å². The van der Waals surface area contributed by atoms with Gasteiger partial charge in [0.25, 0.3) is 11.7 Å². The third-order valence-electron chi connectivity index (χ3n) is 6.53. The van der Waals surface area contributed by atoms with Gasteiger partial charge in [-0.05, 0) is 66.4 Å². The zero-order chi connectivity index (χ0) is 27.1. The first-order valence-corrected chi connectivity index (χ1v) is 12.7. The number of carbonyl (C=O) groups is 2. The second-order valence-corrected chi connectivity index (χ2v) is 9.14. The lowest BCUT2D eigenvalue weighted by atomic mass is 9.95. The molecule has 1 N–H and O–H groups in total. The summed E-state index contributed by atoms with van der Waals surface area (Å²) in [6.07, 6.45) is 0.884. The topological polar surface area (TPSA) is 85.3 Å². The van der Waals surface area contributed by atoms with Crippen LogP contribution in [-0.4, -0.2) is 48.6 Å². The number of benzene rings is 3. The maximum atomic E-state index is 13.1. The number of ketones is 1. The van der Waals surface area contributed by atoms with Crippen molar-refractivity contribution in [2.24, 2.45) is 0 Å². The van der Waals surface area contributed by atoms with Crippen molar-refractivity contribution in [3.05, 3.63) is 101 Å². The van der Waals surface area contributed by atoms with E-state index in [2.05, 4.69) is 0 Å². The van der Waals surface area contributed by atoms with E-state index in [4.69, 9.17) is 14.2 Å². The molecular formula is C31H33NO6. The molecule has 4 rings (SSSR count). The number of rotatable bonds is 11. The summed E-state index contributed by atoms with van der Waals surface area (Å²) < 4.78 is 16.8. The quantitative estimate of drug-likeness (QED) is 0.208. The van der Waals surface area contributed by atoms with Crippen molar-refractivity contribution >= 4 is 17.4 Å². The summed E-state index contributed by atoms with van der Waals surface area (Å²) in [7, 11) is 1.54. The fraction of sp³-hybridized carbons (Fsp3) is 0.290. The average molecular weight is 516 g/mol. The van der Waals surface area contributed by atoms with E-state index in [-0.39, 0.29) is 24.5 Å². The lowest BCUT2D eigenvalue weighted by Crippen LogP contribution is -2.32. The summed E-state index contributed by atoms with van der Waals surface area (Å²) in [5.41, 5.74) is 3.39. The molecule has 0 aromatic heterocycles. The summed E-state index contributed by atoms with van der Waals surface area (Å²) in [5, 5.41) is 11.3. The molecule has 7 heteroatoms. The molecule has 0 bridgehead atoms. The van der Waals surface area contributed by atoms with Gasteiger partial charge in [0.15, 0.2) is 0 Å². The van der Waals surface area contributed by atoms with Crippen LogP contribution in [0.3, 0.4) is 0 Å². The van der Waals surface area contributed by atoms with Gasteiger partial charge in [-0.2, -0.15) is 0 Å². The van der Waals surface area contributed by atoms with Gasteiger partial charge in [0, 0.05) is 19.2 Å². The zero-order valence-electron chi connectivity index (χ0n) is 22.0. The molecule has 1 aliphatic heterocycles. The number of hydrogen-bond acceptors (Lipinski definition) is 6. The minimum atomic E-state index is -0.748. The van der Waals surface area contributed by atoms with Crippen LogP contribution in [0.1, 0.15) is 41.6 Å². The summed E-state index contributed by atoms with van der Waals surface area (Å²) in [5.74, 6) is -0.298. The van der Waals surface area contributed by atoms with Gasteiger partial charge >= 0.3 is 0 Å². The first kappa shape index (κ1) is 26.9. The van der Waals surface area contributed by atoms with Crippen molar-refractivity contribution in [2.45, 2.75) is 32.9 Å². The van der Waals surface area contributed by atoms with Gasteiger partial charge in [-0.1, -0.05) is 43.3 Å². The number of ether oxygens (including phenoxy) is 3. The number of carbonyl (C=O) groups excluding carboxylic acids is 2. The van der Waals surface area contributed by atoms with E-state index in [0.29, 0.717) is 35.8 Å². The van der Waals surface area contributed by atoms with Crippen molar-refractivity contribution in [1.29, 1.82) is 0 Å². The predicted molar refractivity (Wildman–Crippen MR) is 145 cm³/mol. The van der Waals surface area contributed by atoms with Gasteiger partial charge in [-0.3, -0.25) is 9.59 Å². The standard InChI is InChI=1S/C31H33NO6/c1-4-18-37-25-13-9-22(10-14-25)28-27(30(34)31(35)32(28)17-19-36-3)29(33)23-11-15-26(16-12-23)38-20-24-8-6-5-7-21(24)2/h5-16,28,33H,4,17-20H2,1-3H3. The number of aryl methyl sites for hydroxylation is 1. The van der Waals surface area contributed by atoms with Crippen LogP contribution in [0.2, 0.25) is 0 Å². The van der Waals surface area contributed by atoms with Gasteiger partial charge in [0.1, 0.15) is 23.9 Å². The van der Waals surface area contributed by atoms with Gasteiger partial charge < -0.3 is 24.2 Å². The first-order chi connectivity index (χ1) is 18.4. The minimum Gasteiger partial charge on any atom is -0.507 e. The zero-order valence-corrected chi connectivity index (χ0v) is 22.0. The van der Waals surface area contributed by atoms with Crippen LogP contribution in [0.25, 0.3) is 5.76 Å². The highest BCUT2D eigenvalue weighted by atomic mass is 16.5. The Morgan fingerprint density at radius 3 is 2.21 bits per heavy atom. The van der Waals surface area contributed by atoms with Crippen molar-refractivity contribution in [1.82, 2.24) is 4.90 Å². The lowest BCUT2D eigenvalue weighted by Gasteiger charge is -2.25. The van der Waals surface area contributed by atoms with E-state index < -0.39 is 17.7 Å². The van der Waals surface area contributed by atoms with Gasteiger partial charge in [0.2, 0.25) is 0 Å². The number of aliphatic hydroxyl groups excluding tert-OH is 1. The van der Waals surface area contributed by atoms with Gasteiger partial charge in [-0.15, -0.1) is 0 Å². The second-order valence-electron chi connectivity index (χ2n) is 9.14. The fourth-order valence-corrected chi connectivity index (χ4v) is 4.41. The second kappa shape index (κ2) is 12.4. The molecule has 1 unspecified atom stereocenters. The predicted octanol–water partition coefficient (Wildman–Crippen LogP) is 5.43. The minimum absolute atomic E-state index is 0.0434. The maximum absolute atomic E-state index is 13.1. The Labute approximate surface area is 223 Å². The lowest BCUT2D eigenvalue weighted by molar-refractivity contribution is -0.140. The first-order valence-electron chi connectivity index (χ1n) is 12.7. The highest BCUT2D eigenvalue weighted by molar-refractivity contribution is 6.46. The molecule has 38 heavy (non-hydrogen) atoms. The van der Waals surface area contributed by atoms with Crippen molar-refractivity contribution in [3.63, 3.8) is 0 Å². The average Bonchev–Trinajstić information content (AvgIpc) is 3.19. The van der Waals surface area contributed by atoms with Crippen molar-refractivity contribution < 1.29 is 28.9 Å². The molecule has 1 atom stereocenters. The number of hydrogen-bond donors (Lipinski definition) is 1. The van der Waals surface area contributed by atoms with Crippen LogP contribution in [0.5, 0.6) is 11.5 Å². The molecule has 0 spiro atoms. The fourth-order valence-electron chi connectivity index (χ4n) is 4.41. The molecular weight excluding hydrogens is 482 g/mol. The Balaban J connectivity index is 1.63. The van der Waals surface area contributed by atoms with E-state index >= 15 is 0 Å². The molecule has 1 saturated heterocycles. The molecule has 1 amide bonds. The third kappa shape index (κ3) is 5.89. The molecule has 3 aromatic carbocycles. The molecule has 1 fully saturated rings. The van der Waals surface area contributed by atoms with Crippen LogP contribution in [0, 0.1) is 6.92 Å². The van der Waals surface area contributed by atoms with Gasteiger partial charge in [0.05, 0.1) is 24.8 Å².